The van der Waals surface area contributed by atoms with Gasteiger partial charge in [0.25, 0.3) is 0 Å². The van der Waals surface area contributed by atoms with Crippen molar-refractivity contribution in [3.63, 3.8) is 0 Å². The van der Waals surface area contributed by atoms with Crippen LogP contribution >= 0.6 is 0 Å². The lowest BCUT2D eigenvalue weighted by Crippen LogP contribution is -2.45. The van der Waals surface area contributed by atoms with Gasteiger partial charge in [0.05, 0.1) is 18.8 Å². The SMILES string of the molecule is CCCCCCCCCCCCCCCCCCC/C=C/CC/C=C/CC/C=C/C(O)C(CO)NC(=O)CCCCCCCCCCCCCCCCC. The summed E-state index contributed by atoms with van der Waals surface area (Å²) in [5, 5.41) is 23.0. The van der Waals surface area contributed by atoms with Crippen molar-refractivity contribution in [2.45, 2.75) is 270 Å². The first-order valence-electron chi connectivity index (χ1n) is 24.2. The van der Waals surface area contributed by atoms with Crippen molar-refractivity contribution in [2.75, 3.05) is 6.61 Å². The van der Waals surface area contributed by atoms with Crippen LogP contribution in [0, 0.1) is 0 Å². The van der Waals surface area contributed by atoms with Crippen LogP contribution in [0.1, 0.15) is 258 Å². The van der Waals surface area contributed by atoms with Gasteiger partial charge < -0.3 is 15.5 Å². The average molecular weight is 758 g/mol. The fourth-order valence-corrected chi connectivity index (χ4v) is 7.39. The Morgan fingerprint density at radius 1 is 0.426 bits per heavy atom. The van der Waals surface area contributed by atoms with Gasteiger partial charge >= 0.3 is 0 Å². The molecule has 4 nitrogen and oxygen atoms in total. The maximum absolute atomic E-state index is 12.4. The standard InChI is InChI=1S/C50H95NO3/c1-3-5-7-9-11-13-15-17-19-20-21-22-23-24-25-26-27-28-29-30-32-33-35-37-39-41-43-45-49(53)48(47-52)51-50(54)46-44-42-40-38-36-34-31-18-16-14-12-10-8-6-4-2/h29-30,35,37,43,45,48-49,52-53H,3-28,31-34,36,38-42,44,46-47H2,1-2H3,(H,51,54)/b30-29+,37-35+,45-43+. The Labute approximate surface area is 338 Å². The predicted molar refractivity (Wildman–Crippen MR) is 239 cm³/mol. The van der Waals surface area contributed by atoms with E-state index in [1.807, 2.05) is 6.08 Å². The van der Waals surface area contributed by atoms with E-state index in [0.29, 0.717) is 6.42 Å². The summed E-state index contributed by atoms with van der Waals surface area (Å²) in [6.45, 7) is 4.31. The van der Waals surface area contributed by atoms with E-state index in [0.717, 1.165) is 38.5 Å². The van der Waals surface area contributed by atoms with Crippen LogP contribution in [0.5, 0.6) is 0 Å². The molecule has 4 heteroatoms. The number of nitrogens with one attached hydrogen (secondary N) is 1. The fraction of sp³-hybridized carbons (Fsp3) is 0.860. The van der Waals surface area contributed by atoms with E-state index in [1.165, 1.54) is 199 Å². The van der Waals surface area contributed by atoms with Crippen LogP contribution in [-0.4, -0.2) is 34.9 Å². The van der Waals surface area contributed by atoms with Crippen LogP contribution < -0.4 is 5.32 Å². The van der Waals surface area contributed by atoms with Crippen LogP contribution in [0.2, 0.25) is 0 Å². The van der Waals surface area contributed by atoms with E-state index in [2.05, 4.69) is 43.5 Å². The summed E-state index contributed by atoms with van der Waals surface area (Å²) in [6, 6.07) is -0.642. The number of aliphatic hydroxyl groups excluding tert-OH is 2. The molecule has 1 amide bonds. The maximum atomic E-state index is 12.4. The molecule has 2 atom stereocenters. The van der Waals surface area contributed by atoms with Gasteiger partial charge in [-0.2, -0.15) is 0 Å². The third-order valence-corrected chi connectivity index (χ3v) is 11.1. The van der Waals surface area contributed by atoms with Gasteiger partial charge in [-0.15, -0.1) is 0 Å². The van der Waals surface area contributed by atoms with Crippen molar-refractivity contribution < 1.29 is 15.0 Å². The van der Waals surface area contributed by atoms with E-state index in [1.54, 1.807) is 6.08 Å². The molecule has 0 fully saturated rings. The number of hydrogen-bond donors (Lipinski definition) is 3. The molecular formula is C50H95NO3. The monoisotopic (exact) mass is 758 g/mol. The lowest BCUT2D eigenvalue weighted by atomic mass is 10.0. The highest BCUT2D eigenvalue weighted by molar-refractivity contribution is 5.76. The van der Waals surface area contributed by atoms with E-state index >= 15 is 0 Å². The Bertz CT molecular complexity index is 821. The second-order valence-electron chi connectivity index (χ2n) is 16.5. The van der Waals surface area contributed by atoms with Gasteiger partial charge in [0.15, 0.2) is 0 Å². The zero-order valence-electron chi connectivity index (χ0n) is 36.5. The molecular weight excluding hydrogens is 663 g/mol. The molecule has 0 aromatic rings. The topological polar surface area (TPSA) is 69.6 Å². The van der Waals surface area contributed by atoms with Crippen molar-refractivity contribution in [3.05, 3.63) is 36.5 Å². The molecule has 0 bridgehead atoms. The molecule has 0 aliphatic carbocycles. The third-order valence-electron chi connectivity index (χ3n) is 11.1. The van der Waals surface area contributed by atoms with Crippen molar-refractivity contribution in [2.24, 2.45) is 0 Å². The van der Waals surface area contributed by atoms with E-state index in [9.17, 15) is 15.0 Å². The molecule has 0 radical (unpaired) electrons. The number of carbonyl (C=O) groups excluding carboxylic acids is 1. The van der Waals surface area contributed by atoms with Gasteiger partial charge in [0, 0.05) is 6.42 Å². The summed E-state index contributed by atoms with van der Waals surface area (Å²) in [7, 11) is 0. The van der Waals surface area contributed by atoms with E-state index in [4.69, 9.17) is 0 Å². The molecule has 3 N–H and O–H groups in total. The lowest BCUT2D eigenvalue weighted by molar-refractivity contribution is -0.123. The summed E-state index contributed by atoms with van der Waals surface area (Å²) in [5.74, 6) is -0.0756. The van der Waals surface area contributed by atoms with Crippen LogP contribution in [0.3, 0.4) is 0 Å². The number of rotatable bonds is 44. The zero-order chi connectivity index (χ0) is 39.3. The minimum absolute atomic E-state index is 0.0756. The fourth-order valence-electron chi connectivity index (χ4n) is 7.39. The quantitative estimate of drug-likeness (QED) is 0.0428. The van der Waals surface area contributed by atoms with Gasteiger partial charge in [-0.3, -0.25) is 4.79 Å². The second-order valence-corrected chi connectivity index (χ2v) is 16.5. The molecule has 0 saturated carbocycles. The first-order chi connectivity index (χ1) is 26.7. The Kier molecular flexibility index (Phi) is 44.8. The molecule has 0 aromatic heterocycles. The van der Waals surface area contributed by atoms with Gasteiger partial charge in [-0.1, -0.05) is 243 Å². The molecule has 0 rings (SSSR count). The molecule has 0 saturated heterocycles. The molecule has 54 heavy (non-hydrogen) atoms. The average Bonchev–Trinajstić information content (AvgIpc) is 3.18. The van der Waals surface area contributed by atoms with E-state index in [-0.39, 0.29) is 12.5 Å². The van der Waals surface area contributed by atoms with Crippen LogP contribution in [0.25, 0.3) is 0 Å². The molecule has 0 spiro atoms. The molecule has 0 heterocycles. The van der Waals surface area contributed by atoms with Crippen molar-refractivity contribution >= 4 is 5.91 Å². The smallest absolute Gasteiger partial charge is 0.220 e. The zero-order valence-corrected chi connectivity index (χ0v) is 36.5. The predicted octanol–water partition coefficient (Wildman–Crippen LogP) is 15.4. The summed E-state index contributed by atoms with van der Waals surface area (Å²) in [4.78, 5) is 12.4. The van der Waals surface area contributed by atoms with Gasteiger partial charge in [-0.05, 0) is 44.9 Å². The summed E-state index contributed by atoms with van der Waals surface area (Å²) in [6.07, 6.45) is 61.3. The Balaban J connectivity index is 3.58. The molecule has 318 valence electrons. The van der Waals surface area contributed by atoms with Gasteiger partial charge in [0.2, 0.25) is 5.91 Å². The molecule has 0 aliphatic rings. The molecule has 0 aromatic carbocycles. The first-order valence-corrected chi connectivity index (χ1v) is 24.2. The molecule has 2 unspecified atom stereocenters. The summed E-state index contributed by atoms with van der Waals surface area (Å²) >= 11 is 0. The number of unbranched alkanes of at least 4 members (excludes halogenated alkanes) is 33. The second kappa shape index (κ2) is 46.0. The number of hydrogen-bond acceptors (Lipinski definition) is 3. The number of allylic oxidation sites excluding steroid dienone is 5. The normalized spacial score (nSPS) is 13.2. The van der Waals surface area contributed by atoms with Crippen LogP contribution in [0.4, 0.5) is 0 Å². The van der Waals surface area contributed by atoms with Crippen LogP contribution in [0.15, 0.2) is 36.5 Å². The van der Waals surface area contributed by atoms with Crippen molar-refractivity contribution in [1.82, 2.24) is 5.32 Å². The van der Waals surface area contributed by atoms with E-state index < -0.39 is 12.1 Å². The highest BCUT2D eigenvalue weighted by Crippen LogP contribution is 2.16. The highest BCUT2D eigenvalue weighted by Gasteiger charge is 2.17. The minimum atomic E-state index is -0.867. The lowest BCUT2D eigenvalue weighted by Gasteiger charge is -2.19. The first kappa shape index (κ1) is 52.6. The van der Waals surface area contributed by atoms with Gasteiger partial charge in [-0.25, -0.2) is 0 Å². The maximum Gasteiger partial charge on any atom is 0.220 e. The van der Waals surface area contributed by atoms with Crippen LogP contribution in [-0.2, 0) is 4.79 Å². The summed E-state index contributed by atoms with van der Waals surface area (Å²) < 4.78 is 0. The molecule has 0 aliphatic heterocycles. The Morgan fingerprint density at radius 3 is 1.07 bits per heavy atom. The highest BCUT2D eigenvalue weighted by atomic mass is 16.3. The van der Waals surface area contributed by atoms with Crippen molar-refractivity contribution in [3.8, 4) is 0 Å². The number of aliphatic hydroxyl groups is 2. The minimum Gasteiger partial charge on any atom is -0.394 e. The largest absolute Gasteiger partial charge is 0.394 e. The summed E-state index contributed by atoms with van der Waals surface area (Å²) in [5.41, 5.74) is 0. The van der Waals surface area contributed by atoms with Crippen molar-refractivity contribution in [1.29, 1.82) is 0 Å². The number of amides is 1. The Hall–Kier alpha value is -1.39. The third kappa shape index (κ3) is 41.8. The number of carbonyl (C=O) groups is 1. The Morgan fingerprint density at radius 2 is 0.722 bits per heavy atom. The van der Waals surface area contributed by atoms with Gasteiger partial charge in [0.1, 0.15) is 0 Å².